The number of imidazole rings is 1. The quantitative estimate of drug-likeness (QED) is 0.574. The van der Waals surface area contributed by atoms with Crippen LogP contribution in [0.2, 0.25) is 0 Å². The fraction of sp³-hybridized carbons (Fsp3) is 0.480. The minimum Gasteiger partial charge on any atom is -0.469 e. The van der Waals surface area contributed by atoms with E-state index >= 15 is 0 Å². The summed E-state index contributed by atoms with van der Waals surface area (Å²) in [6, 6.07) is 12.1. The molecule has 33 heavy (non-hydrogen) atoms. The number of anilines is 1. The largest absolute Gasteiger partial charge is 0.469 e. The number of rotatable bonds is 6. The lowest BCUT2D eigenvalue weighted by Crippen LogP contribution is -2.44. The summed E-state index contributed by atoms with van der Waals surface area (Å²) < 4.78 is 16.7. The van der Waals surface area contributed by atoms with Gasteiger partial charge in [0.25, 0.3) is 0 Å². The van der Waals surface area contributed by atoms with E-state index in [0.717, 1.165) is 54.2 Å². The van der Waals surface area contributed by atoms with Gasteiger partial charge in [-0.1, -0.05) is 12.1 Å². The van der Waals surface area contributed by atoms with Gasteiger partial charge in [-0.15, -0.1) is 0 Å². The molecular formula is C25H30N4O4. The number of esters is 1. The number of ether oxygens (including phenoxy) is 3. The first kappa shape index (κ1) is 21.9. The van der Waals surface area contributed by atoms with Crippen LogP contribution in [0.3, 0.4) is 0 Å². The Balaban J connectivity index is 1.17. The Bertz CT molecular complexity index is 1050. The molecule has 3 aromatic rings. The normalized spacial score (nSPS) is 19.0. The molecule has 1 N–H and O–H groups in total. The summed E-state index contributed by atoms with van der Waals surface area (Å²) in [5.41, 5.74) is 2.37. The van der Waals surface area contributed by atoms with Gasteiger partial charge in [-0.2, -0.15) is 0 Å². The van der Waals surface area contributed by atoms with Crippen molar-refractivity contribution >= 4 is 22.8 Å². The fourth-order valence-electron chi connectivity index (χ4n) is 4.72. The molecule has 0 radical (unpaired) electrons. The Morgan fingerprint density at radius 3 is 2.67 bits per heavy atom. The smallest absolute Gasteiger partial charge is 0.314 e. The lowest BCUT2D eigenvalue weighted by molar-refractivity contribution is -0.166. The molecule has 0 saturated carbocycles. The molecule has 2 fully saturated rings. The molecule has 0 atom stereocenters. The van der Waals surface area contributed by atoms with Crippen molar-refractivity contribution < 1.29 is 19.0 Å². The monoisotopic (exact) mass is 450 g/mol. The molecule has 8 nitrogen and oxygen atoms in total. The molecule has 4 heterocycles. The Morgan fingerprint density at radius 2 is 1.97 bits per heavy atom. The van der Waals surface area contributed by atoms with Gasteiger partial charge in [-0.3, -0.25) is 4.79 Å². The molecule has 2 aromatic heterocycles. The van der Waals surface area contributed by atoms with E-state index in [1.165, 1.54) is 7.11 Å². The topological polar surface area (TPSA) is 89.6 Å². The van der Waals surface area contributed by atoms with Crippen LogP contribution in [0.25, 0.3) is 22.4 Å². The average molecular weight is 451 g/mol. The van der Waals surface area contributed by atoms with E-state index in [4.69, 9.17) is 14.2 Å². The number of fused-ring (bicyclic) bond motifs is 1. The first-order valence-electron chi connectivity index (χ1n) is 11.6. The van der Waals surface area contributed by atoms with Crippen molar-refractivity contribution in [3.63, 3.8) is 0 Å². The Labute approximate surface area is 193 Å². The molecule has 2 aliphatic rings. The number of carbonyl (C=O) groups is 1. The molecule has 0 amide bonds. The van der Waals surface area contributed by atoms with Crippen LogP contribution in [0.4, 0.5) is 5.82 Å². The number of pyridine rings is 1. The van der Waals surface area contributed by atoms with Gasteiger partial charge in [0.05, 0.1) is 36.3 Å². The molecule has 5 rings (SSSR count). The van der Waals surface area contributed by atoms with E-state index < -0.39 is 5.41 Å². The summed E-state index contributed by atoms with van der Waals surface area (Å²) in [4.78, 5) is 27.4. The average Bonchev–Trinajstić information content (AvgIpc) is 3.32. The van der Waals surface area contributed by atoms with Crippen LogP contribution in [0.15, 0.2) is 42.6 Å². The Morgan fingerprint density at radius 1 is 1.18 bits per heavy atom. The second-order valence-electron chi connectivity index (χ2n) is 8.89. The van der Waals surface area contributed by atoms with Crippen LogP contribution in [-0.2, 0) is 19.0 Å². The molecule has 2 aliphatic heterocycles. The summed E-state index contributed by atoms with van der Waals surface area (Å²) >= 11 is 0. The first-order valence-corrected chi connectivity index (χ1v) is 11.6. The van der Waals surface area contributed by atoms with E-state index in [0.29, 0.717) is 32.7 Å². The minimum atomic E-state index is -0.571. The van der Waals surface area contributed by atoms with Gasteiger partial charge in [0, 0.05) is 38.1 Å². The maximum absolute atomic E-state index is 12.4. The van der Waals surface area contributed by atoms with Crippen molar-refractivity contribution in [3.05, 3.63) is 42.6 Å². The van der Waals surface area contributed by atoms with Crippen LogP contribution < -0.4 is 4.90 Å². The molecule has 8 heteroatoms. The van der Waals surface area contributed by atoms with Crippen molar-refractivity contribution in [2.75, 3.05) is 44.9 Å². The highest BCUT2D eigenvalue weighted by atomic mass is 16.5. The molecule has 1 aromatic carbocycles. The minimum absolute atomic E-state index is 0.139. The molecular weight excluding hydrogens is 420 g/mol. The number of nitrogens with zero attached hydrogens (tertiary/aromatic N) is 3. The van der Waals surface area contributed by atoms with E-state index in [2.05, 4.69) is 32.0 Å². The third-order valence-electron chi connectivity index (χ3n) is 6.84. The maximum atomic E-state index is 12.4. The zero-order chi connectivity index (χ0) is 22.7. The summed E-state index contributed by atoms with van der Waals surface area (Å²) in [7, 11) is 1.45. The lowest BCUT2D eigenvalue weighted by Gasteiger charge is -2.37. The fourth-order valence-corrected chi connectivity index (χ4v) is 4.72. The number of hydrogen-bond acceptors (Lipinski definition) is 7. The van der Waals surface area contributed by atoms with E-state index in [1.54, 1.807) is 0 Å². The van der Waals surface area contributed by atoms with Gasteiger partial charge in [-0.05, 0) is 49.9 Å². The predicted octanol–water partition coefficient (Wildman–Crippen LogP) is 3.58. The van der Waals surface area contributed by atoms with Crippen LogP contribution in [0.5, 0.6) is 0 Å². The van der Waals surface area contributed by atoms with Gasteiger partial charge in [0.2, 0.25) is 0 Å². The van der Waals surface area contributed by atoms with Gasteiger partial charge < -0.3 is 24.1 Å². The third kappa shape index (κ3) is 4.58. The van der Waals surface area contributed by atoms with Crippen molar-refractivity contribution in [2.24, 2.45) is 5.41 Å². The predicted molar refractivity (Wildman–Crippen MR) is 125 cm³/mol. The van der Waals surface area contributed by atoms with E-state index in [-0.39, 0.29) is 12.1 Å². The standard InChI is InChI=1S/C25H30N4O4/c1-31-24(30)25(10-14-32-15-11-25)17-33-19-8-12-29(13-9-19)22-7-6-18(16-26-22)23-27-20-4-2-3-5-21(20)28-23/h2-7,16,19H,8-15,17H2,1H3,(H,27,28). The van der Waals surface area contributed by atoms with Crippen molar-refractivity contribution in [3.8, 4) is 11.4 Å². The highest BCUT2D eigenvalue weighted by Gasteiger charge is 2.42. The van der Waals surface area contributed by atoms with E-state index in [1.807, 2.05) is 30.5 Å². The second-order valence-corrected chi connectivity index (χ2v) is 8.89. The van der Waals surface area contributed by atoms with Gasteiger partial charge in [0.1, 0.15) is 11.6 Å². The number of hydrogen-bond donors (Lipinski definition) is 1. The number of aromatic amines is 1. The number of carbonyl (C=O) groups excluding carboxylic acids is 1. The summed E-state index contributed by atoms with van der Waals surface area (Å²) in [6.07, 6.45) is 5.13. The number of piperidine rings is 1. The summed E-state index contributed by atoms with van der Waals surface area (Å²) in [6.45, 7) is 3.29. The van der Waals surface area contributed by atoms with Crippen molar-refractivity contribution in [2.45, 2.75) is 31.8 Å². The molecule has 0 aliphatic carbocycles. The number of H-pyrrole nitrogens is 1. The van der Waals surface area contributed by atoms with E-state index in [9.17, 15) is 4.79 Å². The van der Waals surface area contributed by atoms with Crippen LogP contribution in [0.1, 0.15) is 25.7 Å². The number of benzene rings is 1. The highest BCUT2D eigenvalue weighted by Crippen LogP contribution is 2.33. The number of nitrogens with one attached hydrogen (secondary N) is 1. The van der Waals surface area contributed by atoms with Crippen LogP contribution in [0, 0.1) is 5.41 Å². The summed E-state index contributed by atoms with van der Waals surface area (Å²) in [5, 5.41) is 0. The molecule has 174 valence electrons. The van der Waals surface area contributed by atoms with Crippen LogP contribution >= 0.6 is 0 Å². The lowest BCUT2D eigenvalue weighted by atomic mass is 9.81. The third-order valence-corrected chi connectivity index (χ3v) is 6.84. The Hall–Kier alpha value is -2.97. The molecule has 2 saturated heterocycles. The summed E-state index contributed by atoms with van der Waals surface area (Å²) in [5.74, 6) is 1.61. The van der Waals surface area contributed by atoms with Crippen LogP contribution in [-0.4, -0.2) is 67.0 Å². The number of methoxy groups -OCH3 is 1. The highest BCUT2D eigenvalue weighted by molar-refractivity contribution is 5.79. The number of para-hydroxylation sites is 2. The first-order chi connectivity index (χ1) is 16.2. The van der Waals surface area contributed by atoms with Gasteiger partial charge in [0.15, 0.2) is 0 Å². The SMILES string of the molecule is COC(=O)C1(COC2CCN(c3ccc(-c4nc5ccccc5[nH]4)cn3)CC2)CCOCC1. The Kier molecular flexibility index (Phi) is 6.28. The van der Waals surface area contributed by atoms with Crippen molar-refractivity contribution in [1.29, 1.82) is 0 Å². The zero-order valence-electron chi connectivity index (χ0n) is 19.0. The molecule has 0 spiro atoms. The van der Waals surface area contributed by atoms with Gasteiger partial charge >= 0.3 is 5.97 Å². The number of aromatic nitrogens is 3. The van der Waals surface area contributed by atoms with Crippen molar-refractivity contribution in [1.82, 2.24) is 15.0 Å². The second kappa shape index (κ2) is 9.49. The molecule has 0 bridgehead atoms. The molecule has 0 unspecified atom stereocenters. The zero-order valence-corrected chi connectivity index (χ0v) is 19.0. The van der Waals surface area contributed by atoms with Gasteiger partial charge in [-0.25, -0.2) is 9.97 Å². The maximum Gasteiger partial charge on any atom is 0.314 e.